The van der Waals surface area contributed by atoms with E-state index in [1.54, 1.807) is 6.20 Å². The van der Waals surface area contributed by atoms with Crippen molar-refractivity contribution in [1.82, 2.24) is 10.3 Å². The number of nitrogens with zero attached hydrogens (tertiary/aromatic N) is 2. The Hall–Kier alpha value is -2.36. The molecule has 0 spiro atoms. The van der Waals surface area contributed by atoms with E-state index in [2.05, 4.69) is 41.2 Å². The second-order valence-corrected chi connectivity index (χ2v) is 6.23. The van der Waals surface area contributed by atoms with Gasteiger partial charge < -0.3 is 10.2 Å². The second-order valence-electron chi connectivity index (χ2n) is 6.23. The van der Waals surface area contributed by atoms with Crippen molar-refractivity contribution in [3.8, 4) is 0 Å². The molecule has 0 radical (unpaired) electrons. The van der Waals surface area contributed by atoms with Gasteiger partial charge in [-0.2, -0.15) is 0 Å². The van der Waals surface area contributed by atoms with E-state index >= 15 is 0 Å². The molecule has 0 unspecified atom stereocenters. The van der Waals surface area contributed by atoms with Gasteiger partial charge in [-0.1, -0.05) is 30.3 Å². The summed E-state index contributed by atoms with van der Waals surface area (Å²) in [5, 5.41) is 2.88. The van der Waals surface area contributed by atoms with Crippen LogP contribution in [0.15, 0.2) is 48.7 Å². The molecule has 1 heterocycles. The predicted molar refractivity (Wildman–Crippen MR) is 94.6 cm³/mol. The van der Waals surface area contributed by atoms with E-state index in [-0.39, 0.29) is 11.9 Å². The van der Waals surface area contributed by atoms with Gasteiger partial charge in [0.1, 0.15) is 5.69 Å². The highest BCUT2D eigenvalue weighted by Gasteiger charge is 2.15. The first-order chi connectivity index (χ1) is 11.0. The van der Waals surface area contributed by atoms with Gasteiger partial charge in [-0.25, -0.2) is 0 Å². The van der Waals surface area contributed by atoms with Crippen molar-refractivity contribution < 1.29 is 4.79 Å². The number of anilines is 1. The molecule has 0 aliphatic rings. The molecule has 122 valence electrons. The summed E-state index contributed by atoms with van der Waals surface area (Å²) < 4.78 is 0. The number of carbonyl (C=O) groups is 1. The number of nitrogens with one attached hydrogen (secondary N) is 1. The largest absolute Gasteiger partial charge is 0.365 e. The monoisotopic (exact) mass is 311 g/mol. The summed E-state index contributed by atoms with van der Waals surface area (Å²) in [4.78, 5) is 18.6. The number of carbonyl (C=O) groups excluding carboxylic acids is 1. The molecule has 0 fully saturated rings. The molecule has 0 atom stereocenters. The Bertz CT molecular complexity index is 638. The quantitative estimate of drug-likeness (QED) is 0.886. The highest BCUT2D eigenvalue weighted by atomic mass is 16.1. The van der Waals surface area contributed by atoms with Crippen molar-refractivity contribution in [2.24, 2.45) is 0 Å². The molecule has 23 heavy (non-hydrogen) atoms. The molecule has 2 aromatic rings. The van der Waals surface area contributed by atoms with Crippen LogP contribution in [0, 0.1) is 0 Å². The number of rotatable bonds is 6. The normalized spacial score (nSPS) is 10.9. The summed E-state index contributed by atoms with van der Waals surface area (Å²) in [5.41, 5.74) is 2.70. The Balaban J connectivity index is 2.24. The second kappa shape index (κ2) is 7.77. The van der Waals surface area contributed by atoms with Crippen molar-refractivity contribution in [3.05, 3.63) is 59.9 Å². The summed E-state index contributed by atoms with van der Waals surface area (Å²) in [6, 6.07) is 14.6. The molecule has 1 aromatic carbocycles. The topological polar surface area (TPSA) is 45.2 Å². The molecule has 1 amide bonds. The van der Waals surface area contributed by atoms with Crippen LogP contribution in [-0.4, -0.2) is 23.0 Å². The van der Waals surface area contributed by atoms with Crippen LogP contribution in [0.2, 0.25) is 0 Å². The molecule has 0 saturated heterocycles. The van der Waals surface area contributed by atoms with Crippen LogP contribution in [-0.2, 0) is 6.54 Å². The molecule has 4 heteroatoms. The van der Waals surface area contributed by atoms with E-state index < -0.39 is 0 Å². The van der Waals surface area contributed by atoms with Gasteiger partial charge in [0.15, 0.2) is 0 Å². The summed E-state index contributed by atoms with van der Waals surface area (Å²) in [5.74, 6) is -0.134. The van der Waals surface area contributed by atoms with E-state index in [0.29, 0.717) is 11.7 Å². The zero-order chi connectivity index (χ0) is 16.8. The van der Waals surface area contributed by atoms with Crippen LogP contribution in [0.1, 0.15) is 43.7 Å². The minimum Gasteiger partial charge on any atom is -0.365 e. The Morgan fingerprint density at radius 3 is 2.43 bits per heavy atom. The van der Waals surface area contributed by atoms with Gasteiger partial charge in [-0.3, -0.25) is 9.78 Å². The van der Waals surface area contributed by atoms with Gasteiger partial charge >= 0.3 is 0 Å². The van der Waals surface area contributed by atoms with Crippen LogP contribution >= 0.6 is 0 Å². The summed E-state index contributed by atoms with van der Waals surface area (Å²) in [6.07, 6.45) is 1.70. The van der Waals surface area contributed by atoms with Crippen LogP contribution in [0.3, 0.4) is 0 Å². The SMILES string of the molecule is CC(C)NC(=O)c1cc(N(Cc2ccccc2)C(C)C)ccn1. The summed E-state index contributed by atoms with van der Waals surface area (Å²) in [7, 11) is 0. The van der Waals surface area contributed by atoms with Gasteiger partial charge in [0.05, 0.1) is 0 Å². The van der Waals surface area contributed by atoms with Crippen molar-refractivity contribution in [2.75, 3.05) is 4.90 Å². The van der Waals surface area contributed by atoms with E-state index in [9.17, 15) is 4.79 Å². The van der Waals surface area contributed by atoms with Crippen LogP contribution in [0.5, 0.6) is 0 Å². The van der Waals surface area contributed by atoms with Crippen molar-refractivity contribution in [1.29, 1.82) is 0 Å². The van der Waals surface area contributed by atoms with Crippen LogP contribution in [0.25, 0.3) is 0 Å². The third-order valence-corrected chi connectivity index (χ3v) is 3.55. The molecule has 0 saturated carbocycles. The minimum atomic E-state index is -0.134. The Morgan fingerprint density at radius 2 is 1.83 bits per heavy atom. The molecule has 0 bridgehead atoms. The van der Waals surface area contributed by atoms with Gasteiger partial charge in [0, 0.05) is 30.5 Å². The number of amides is 1. The number of aromatic nitrogens is 1. The maximum Gasteiger partial charge on any atom is 0.270 e. The zero-order valence-electron chi connectivity index (χ0n) is 14.3. The zero-order valence-corrected chi connectivity index (χ0v) is 14.3. The molecule has 2 rings (SSSR count). The smallest absolute Gasteiger partial charge is 0.270 e. The lowest BCUT2D eigenvalue weighted by Crippen LogP contribution is -2.32. The summed E-state index contributed by atoms with van der Waals surface area (Å²) in [6.45, 7) is 8.98. The lowest BCUT2D eigenvalue weighted by atomic mass is 10.1. The van der Waals surface area contributed by atoms with Crippen LogP contribution < -0.4 is 10.2 Å². The highest BCUT2D eigenvalue weighted by molar-refractivity contribution is 5.93. The fourth-order valence-corrected chi connectivity index (χ4v) is 2.41. The lowest BCUT2D eigenvalue weighted by Gasteiger charge is -2.29. The average molecular weight is 311 g/mol. The van der Waals surface area contributed by atoms with Gasteiger partial charge in [-0.15, -0.1) is 0 Å². The average Bonchev–Trinajstić information content (AvgIpc) is 2.53. The van der Waals surface area contributed by atoms with Crippen molar-refractivity contribution >= 4 is 11.6 Å². The Labute approximate surface area is 138 Å². The van der Waals surface area contributed by atoms with E-state index in [0.717, 1.165) is 12.2 Å². The number of benzene rings is 1. The fourth-order valence-electron chi connectivity index (χ4n) is 2.41. The molecule has 1 aromatic heterocycles. The molecule has 4 nitrogen and oxygen atoms in total. The number of pyridine rings is 1. The predicted octanol–water partition coefficient (Wildman–Crippen LogP) is 3.63. The van der Waals surface area contributed by atoms with E-state index in [1.807, 2.05) is 44.2 Å². The van der Waals surface area contributed by atoms with Gasteiger partial charge in [0.2, 0.25) is 0 Å². The van der Waals surface area contributed by atoms with Crippen LogP contribution in [0.4, 0.5) is 5.69 Å². The Kier molecular flexibility index (Phi) is 5.74. The summed E-state index contributed by atoms with van der Waals surface area (Å²) >= 11 is 0. The standard InChI is InChI=1S/C19H25N3O/c1-14(2)21-19(23)18-12-17(10-11-20-18)22(15(3)4)13-16-8-6-5-7-9-16/h5-12,14-15H,13H2,1-4H3,(H,21,23). The maximum atomic E-state index is 12.2. The molecule has 1 N–H and O–H groups in total. The Morgan fingerprint density at radius 1 is 1.13 bits per heavy atom. The lowest BCUT2D eigenvalue weighted by molar-refractivity contribution is 0.0938. The van der Waals surface area contributed by atoms with Gasteiger partial charge in [-0.05, 0) is 45.4 Å². The first kappa shape index (κ1) is 17.0. The number of hydrogen-bond acceptors (Lipinski definition) is 3. The number of hydrogen-bond donors (Lipinski definition) is 1. The molecule has 0 aliphatic carbocycles. The molecular weight excluding hydrogens is 286 g/mol. The first-order valence-electron chi connectivity index (χ1n) is 8.05. The van der Waals surface area contributed by atoms with Gasteiger partial charge in [0.25, 0.3) is 5.91 Å². The first-order valence-corrected chi connectivity index (χ1v) is 8.05. The fraction of sp³-hybridized carbons (Fsp3) is 0.368. The third-order valence-electron chi connectivity index (χ3n) is 3.55. The molecule has 0 aliphatic heterocycles. The highest BCUT2D eigenvalue weighted by Crippen LogP contribution is 2.20. The van der Waals surface area contributed by atoms with E-state index in [1.165, 1.54) is 5.56 Å². The van der Waals surface area contributed by atoms with E-state index in [4.69, 9.17) is 0 Å². The van der Waals surface area contributed by atoms with Crippen molar-refractivity contribution in [3.63, 3.8) is 0 Å². The molecular formula is C19H25N3O. The maximum absolute atomic E-state index is 12.2. The third kappa shape index (κ3) is 4.81. The minimum absolute atomic E-state index is 0.0958. The van der Waals surface area contributed by atoms with Crippen molar-refractivity contribution in [2.45, 2.75) is 46.3 Å².